The van der Waals surface area contributed by atoms with Gasteiger partial charge in [0.05, 0.1) is 48.8 Å². The lowest BCUT2D eigenvalue weighted by atomic mass is 10.1. The van der Waals surface area contributed by atoms with Gasteiger partial charge < -0.3 is 39.4 Å². The molecule has 2 atom stereocenters. The number of hydrogen-bond donors (Lipinski definition) is 3. The van der Waals surface area contributed by atoms with Gasteiger partial charge in [-0.05, 0) is 71.0 Å². The van der Waals surface area contributed by atoms with Crippen molar-refractivity contribution in [3.63, 3.8) is 0 Å². The molecule has 0 saturated carbocycles. The SMILES string of the molecule is COc1cc2c(cc1OCc1cc(COc3cc4c(cc3OC)C(=O)N3c5ccccc5C[C@H]3CN4)cc(CSCC(C)(C)S)c1)NC[C@@H]1Cc3ccccc3N1C2=O. The third-order valence-electron chi connectivity index (χ3n) is 11.3. The van der Waals surface area contributed by atoms with Gasteiger partial charge in [-0.2, -0.15) is 24.4 Å². The standard InChI is InChI=1S/C47H48N4O6S2/c1-47(2,58)27-59-26-30-14-28(24-56-43-20-37-35(18-41(43)54-3)45(52)50-33(22-48-37)16-31-9-5-7-11-39(31)50)13-29(15-30)25-57-44-21-38-36(19-42(44)55-4)46(53)51-34(23-49-38)17-32-10-6-8-12-40(32)51/h5-15,18-21,33-34,48-49,58H,16-17,22-27H2,1-4H3/t33-,34-/m0/s1. The quantitative estimate of drug-likeness (QED) is 0.107. The topological polar surface area (TPSA) is 102 Å². The van der Waals surface area contributed by atoms with Gasteiger partial charge in [0.25, 0.3) is 11.8 Å². The van der Waals surface area contributed by atoms with E-state index in [1.807, 2.05) is 70.1 Å². The molecule has 59 heavy (non-hydrogen) atoms. The van der Waals surface area contributed by atoms with Gasteiger partial charge in [0, 0.05) is 52.8 Å². The van der Waals surface area contributed by atoms with Crippen LogP contribution in [0.4, 0.5) is 22.7 Å². The molecule has 9 rings (SSSR count). The van der Waals surface area contributed by atoms with E-state index in [-0.39, 0.29) is 41.9 Å². The minimum absolute atomic E-state index is 0.0254. The van der Waals surface area contributed by atoms with E-state index in [1.165, 1.54) is 11.1 Å². The fraction of sp³-hybridized carbons (Fsp3) is 0.319. The smallest absolute Gasteiger partial charge is 0.260 e. The molecule has 0 aliphatic carbocycles. The Morgan fingerprint density at radius 2 is 1.12 bits per heavy atom. The summed E-state index contributed by atoms with van der Waals surface area (Å²) in [5, 5.41) is 7.05. The molecule has 5 aromatic carbocycles. The van der Waals surface area contributed by atoms with Crippen LogP contribution >= 0.6 is 24.4 Å². The Morgan fingerprint density at radius 3 is 1.58 bits per heavy atom. The van der Waals surface area contributed by atoms with Crippen LogP contribution < -0.4 is 39.4 Å². The van der Waals surface area contributed by atoms with Crippen molar-refractivity contribution in [2.24, 2.45) is 0 Å². The highest BCUT2D eigenvalue weighted by Crippen LogP contribution is 2.42. The van der Waals surface area contributed by atoms with Crippen LogP contribution in [0.3, 0.4) is 0 Å². The number of anilines is 4. The summed E-state index contributed by atoms with van der Waals surface area (Å²) in [5.74, 6) is 3.63. The third-order valence-corrected chi connectivity index (χ3v) is 13.2. The lowest BCUT2D eigenvalue weighted by Gasteiger charge is -2.23. The van der Waals surface area contributed by atoms with Crippen LogP contribution in [0.15, 0.2) is 91.0 Å². The number of nitrogens with zero attached hydrogens (tertiary/aromatic N) is 2. The Kier molecular flexibility index (Phi) is 10.6. The maximum Gasteiger partial charge on any atom is 0.260 e. The van der Waals surface area contributed by atoms with Crippen molar-refractivity contribution >= 4 is 59.0 Å². The first-order chi connectivity index (χ1) is 28.6. The van der Waals surface area contributed by atoms with E-state index in [0.29, 0.717) is 47.2 Å². The number of nitrogens with one attached hydrogen (secondary N) is 2. The predicted octanol–water partition coefficient (Wildman–Crippen LogP) is 8.80. The molecule has 0 unspecified atom stereocenters. The largest absolute Gasteiger partial charge is 0.493 e. The molecule has 304 valence electrons. The molecule has 2 N–H and O–H groups in total. The summed E-state index contributed by atoms with van der Waals surface area (Å²) in [6.45, 7) is 6.02. The fourth-order valence-corrected chi connectivity index (χ4v) is 9.93. The zero-order valence-corrected chi connectivity index (χ0v) is 35.4. The minimum Gasteiger partial charge on any atom is -0.493 e. The number of thioether (sulfide) groups is 1. The molecule has 0 radical (unpaired) electrons. The highest BCUT2D eigenvalue weighted by atomic mass is 32.2. The first-order valence-corrected chi connectivity index (χ1v) is 21.6. The zero-order valence-electron chi connectivity index (χ0n) is 33.7. The number of hydrogen-bond acceptors (Lipinski definition) is 10. The number of thiol groups is 1. The van der Waals surface area contributed by atoms with Crippen molar-refractivity contribution in [2.45, 2.75) is 62.5 Å². The first-order valence-electron chi connectivity index (χ1n) is 20.0. The molecule has 10 nitrogen and oxygen atoms in total. The number of methoxy groups -OCH3 is 2. The van der Waals surface area contributed by atoms with E-state index in [1.54, 1.807) is 26.4 Å². The monoisotopic (exact) mass is 828 g/mol. The van der Waals surface area contributed by atoms with E-state index < -0.39 is 0 Å². The second-order valence-corrected chi connectivity index (χ2v) is 18.4. The molecule has 4 aliphatic rings. The molecule has 0 spiro atoms. The Balaban J connectivity index is 0.954. The van der Waals surface area contributed by atoms with Crippen molar-refractivity contribution in [1.82, 2.24) is 0 Å². The van der Waals surface area contributed by atoms with E-state index in [4.69, 9.17) is 31.6 Å². The number of amides is 2. The van der Waals surface area contributed by atoms with Crippen LogP contribution in [-0.2, 0) is 31.8 Å². The van der Waals surface area contributed by atoms with Crippen LogP contribution in [0.2, 0.25) is 0 Å². The number of benzene rings is 5. The Hall–Kier alpha value is -5.46. The molecule has 0 aromatic heterocycles. The summed E-state index contributed by atoms with van der Waals surface area (Å²) in [7, 11) is 3.19. The van der Waals surface area contributed by atoms with Crippen LogP contribution in [0.25, 0.3) is 0 Å². The second kappa shape index (κ2) is 16.0. The maximum absolute atomic E-state index is 14.0. The average molecular weight is 829 g/mol. The van der Waals surface area contributed by atoms with Crippen molar-refractivity contribution in [1.29, 1.82) is 0 Å². The van der Waals surface area contributed by atoms with E-state index in [0.717, 1.165) is 63.8 Å². The molecular weight excluding hydrogens is 781 g/mol. The van der Waals surface area contributed by atoms with Gasteiger partial charge in [0.1, 0.15) is 13.2 Å². The third kappa shape index (κ3) is 7.76. The predicted molar refractivity (Wildman–Crippen MR) is 239 cm³/mol. The highest BCUT2D eigenvalue weighted by molar-refractivity contribution is 7.99. The molecule has 0 saturated heterocycles. The normalized spacial score (nSPS) is 17.6. The first kappa shape index (κ1) is 39.0. The van der Waals surface area contributed by atoms with E-state index >= 15 is 0 Å². The number of carbonyl (C=O) groups is 2. The van der Waals surface area contributed by atoms with Gasteiger partial charge in [-0.1, -0.05) is 62.4 Å². The van der Waals surface area contributed by atoms with Crippen LogP contribution in [0, 0.1) is 0 Å². The number of para-hydroxylation sites is 2. The van der Waals surface area contributed by atoms with Crippen LogP contribution in [0.1, 0.15) is 62.4 Å². The van der Waals surface area contributed by atoms with E-state index in [9.17, 15) is 9.59 Å². The van der Waals surface area contributed by atoms with Gasteiger partial charge in [-0.15, -0.1) is 0 Å². The Morgan fingerprint density at radius 1 is 0.661 bits per heavy atom. The van der Waals surface area contributed by atoms with Crippen LogP contribution in [-0.4, -0.2) is 61.7 Å². The van der Waals surface area contributed by atoms with Crippen molar-refractivity contribution in [3.8, 4) is 23.0 Å². The summed E-state index contributed by atoms with van der Waals surface area (Å²) < 4.78 is 24.5. The summed E-state index contributed by atoms with van der Waals surface area (Å²) in [6, 6.07) is 30.0. The van der Waals surface area contributed by atoms with Crippen molar-refractivity contribution in [3.05, 3.63) is 130 Å². The Labute approximate surface area is 355 Å². The number of fused-ring (bicyclic) bond motifs is 8. The summed E-state index contributed by atoms with van der Waals surface area (Å²) >= 11 is 6.57. The zero-order chi connectivity index (χ0) is 40.8. The lowest BCUT2D eigenvalue weighted by Crippen LogP contribution is -2.39. The second-order valence-electron chi connectivity index (χ2n) is 16.2. The van der Waals surface area contributed by atoms with Gasteiger partial charge >= 0.3 is 0 Å². The molecule has 4 heterocycles. The summed E-state index contributed by atoms with van der Waals surface area (Å²) in [4.78, 5) is 31.8. The van der Waals surface area contributed by atoms with Crippen molar-refractivity contribution in [2.75, 3.05) is 53.5 Å². The lowest BCUT2D eigenvalue weighted by molar-refractivity contribution is 0.0975. The van der Waals surface area contributed by atoms with Gasteiger partial charge in [-0.25, -0.2) is 0 Å². The molecule has 0 bridgehead atoms. The maximum atomic E-state index is 14.0. The van der Waals surface area contributed by atoms with Gasteiger partial charge in [0.15, 0.2) is 23.0 Å². The molecular formula is C47H48N4O6S2. The molecule has 4 aliphatic heterocycles. The van der Waals surface area contributed by atoms with E-state index in [2.05, 4.69) is 54.8 Å². The summed E-state index contributed by atoms with van der Waals surface area (Å²) in [5.41, 5.74) is 9.91. The molecule has 0 fully saturated rings. The number of carbonyl (C=O) groups excluding carboxylic acids is 2. The van der Waals surface area contributed by atoms with Crippen LogP contribution in [0.5, 0.6) is 23.0 Å². The molecule has 5 aromatic rings. The Bertz CT molecular complexity index is 2300. The minimum atomic E-state index is -0.107. The average Bonchev–Trinajstić information content (AvgIpc) is 3.72. The van der Waals surface area contributed by atoms with Crippen molar-refractivity contribution < 1.29 is 28.5 Å². The summed E-state index contributed by atoms with van der Waals surface area (Å²) in [6.07, 6.45) is 1.61. The number of ether oxygens (including phenoxy) is 4. The molecule has 2 amide bonds. The van der Waals surface area contributed by atoms with Gasteiger partial charge in [0.2, 0.25) is 0 Å². The number of rotatable bonds is 12. The van der Waals surface area contributed by atoms with Gasteiger partial charge in [-0.3, -0.25) is 9.59 Å². The highest BCUT2D eigenvalue weighted by Gasteiger charge is 2.39. The molecule has 12 heteroatoms. The fourth-order valence-electron chi connectivity index (χ4n) is 8.65.